The lowest BCUT2D eigenvalue weighted by molar-refractivity contribution is -0.139. The van der Waals surface area contributed by atoms with Crippen LogP contribution in [0, 0.1) is 0 Å². The Bertz CT molecular complexity index is 1530. The largest absolute Gasteiger partial charge is 0.493 e. The molecule has 4 aromatic rings. The highest BCUT2D eigenvalue weighted by molar-refractivity contribution is 6.32. The fraction of sp³-hybridized carbons (Fsp3) is 0.161. The Hall–Kier alpha value is -3.91. The molecule has 0 radical (unpaired) electrons. The predicted octanol–water partition coefficient (Wildman–Crippen LogP) is 8.15. The molecule has 5 rings (SSSR count). The molecule has 2 atom stereocenters. The summed E-state index contributed by atoms with van der Waals surface area (Å²) in [5.41, 5.74) is 1.71. The maximum atomic E-state index is 13.2. The van der Waals surface area contributed by atoms with Crippen LogP contribution in [0.25, 0.3) is 0 Å². The van der Waals surface area contributed by atoms with Crippen LogP contribution in [0.1, 0.15) is 39.9 Å². The highest BCUT2D eigenvalue weighted by Gasteiger charge is 2.29. The van der Waals surface area contributed by atoms with Crippen molar-refractivity contribution in [3.8, 4) is 23.0 Å². The van der Waals surface area contributed by atoms with Gasteiger partial charge in [-0.25, -0.2) is 4.42 Å². The van der Waals surface area contributed by atoms with Crippen molar-refractivity contribution in [3.05, 3.63) is 118 Å². The van der Waals surface area contributed by atoms with Gasteiger partial charge in [0, 0.05) is 34.0 Å². The molecule has 1 heterocycles. The predicted molar refractivity (Wildman–Crippen MR) is 157 cm³/mol. The van der Waals surface area contributed by atoms with Gasteiger partial charge in [-0.15, -0.1) is 0 Å². The summed E-state index contributed by atoms with van der Waals surface area (Å²) in [6, 6.07) is 26.0. The Labute approximate surface area is 251 Å². The molecule has 10 heteroatoms. The van der Waals surface area contributed by atoms with Crippen molar-refractivity contribution < 1.29 is 28.9 Å². The highest BCUT2D eigenvalue weighted by atomic mass is 35.5. The van der Waals surface area contributed by atoms with Gasteiger partial charge in [0.15, 0.2) is 0 Å². The molecule has 1 N–H and O–H groups in total. The zero-order chi connectivity index (χ0) is 28.9. The maximum Gasteiger partial charge on any atom is 0.311 e. The molecule has 0 aromatic heterocycles. The van der Waals surface area contributed by atoms with Gasteiger partial charge in [0.1, 0.15) is 29.1 Å². The van der Waals surface area contributed by atoms with Crippen LogP contribution in [0.5, 0.6) is 23.0 Å². The van der Waals surface area contributed by atoms with Crippen molar-refractivity contribution in [2.75, 3.05) is 13.2 Å². The number of hydrogen-bond acceptors (Lipinski definition) is 5. The molecule has 0 saturated carbocycles. The Morgan fingerprint density at radius 1 is 0.951 bits per heavy atom. The van der Waals surface area contributed by atoms with E-state index in [1.807, 2.05) is 30.3 Å². The SMILES string of the molecule is O=C(O)C1CCOc2cc(Oc3ccc(C(=O)N(Cl)CC(Oc4ccc(Cl)cc4)c4ccccc4)cc3)c(Cl)cc21. The van der Waals surface area contributed by atoms with E-state index in [1.54, 1.807) is 60.7 Å². The van der Waals surface area contributed by atoms with Crippen LogP contribution in [-0.4, -0.2) is 34.6 Å². The summed E-state index contributed by atoms with van der Waals surface area (Å²) < 4.78 is 18.8. The van der Waals surface area contributed by atoms with Gasteiger partial charge in [0.05, 0.1) is 24.1 Å². The number of ether oxygens (including phenoxy) is 3. The molecule has 0 spiro atoms. The number of carbonyl (C=O) groups excluding carboxylic acids is 1. The van der Waals surface area contributed by atoms with Crippen LogP contribution in [0.3, 0.4) is 0 Å². The molecule has 2 unspecified atom stereocenters. The van der Waals surface area contributed by atoms with E-state index in [-0.39, 0.29) is 18.2 Å². The Kier molecular flexibility index (Phi) is 8.88. The summed E-state index contributed by atoms with van der Waals surface area (Å²) in [5, 5.41) is 10.3. The van der Waals surface area contributed by atoms with Gasteiger partial charge >= 0.3 is 5.97 Å². The quantitative estimate of drug-likeness (QED) is 0.192. The first-order valence-electron chi connectivity index (χ1n) is 12.7. The van der Waals surface area contributed by atoms with Crippen LogP contribution < -0.4 is 14.2 Å². The number of carboxylic acid groups (broad SMARTS) is 1. The van der Waals surface area contributed by atoms with Gasteiger partial charge in [0.2, 0.25) is 0 Å². The monoisotopic (exact) mass is 611 g/mol. The third-order valence-electron chi connectivity index (χ3n) is 6.54. The number of hydrogen-bond donors (Lipinski definition) is 1. The Morgan fingerprint density at radius 2 is 1.63 bits per heavy atom. The lowest BCUT2D eigenvalue weighted by Gasteiger charge is -2.24. The zero-order valence-corrected chi connectivity index (χ0v) is 23.8. The fourth-order valence-electron chi connectivity index (χ4n) is 4.44. The molecule has 0 bridgehead atoms. The molecule has 1 aliphatic heterocycles. The summed E-state index contributed by atoms with van der Waals surface area (Å²) in [6.45, 7) is 0.361. The maximum absolute atomic E-state index is 13.2. The van der Waals surface area contributed by atoms with Gasteiger partial charge in [-0.1, -0.05) is 53.5 Å². The minimum atomic E-state index is -0.931. The second kappa shape index (κ2) is 12.7. The molecular weight excluding hydrogens is 589 g/mol. The summed E-state index contributed by atoms with van der Waals surface area (Å²) in [7, 11) is 0. The van der Waals surface area contributed by atoms with Gasteiger partial charge in [0.25, 0.3) is 5.91 Å². The van der Waals surface area contributed by atoms with Crippen molar-refractivity contribution in [3.63, 3.8) is 0 Å². The van der Waals surface area contributed by atoms with Crippen LogP contribution >= 0.6 is 35.0 Å². The summed E-state index contributed by atoms with van der Waals surface area (Å²) in [4.78, 5) is 24.8. The lowest BCUT2D eigenvalue weighted by atomic mass is 9.93. The van der Waals surface area contributed by atoms with E-state index in [1.165, 1.54) is 0 Å². The second-order valence-corrected chi connectivity index (χ2v) is 10.5. The molecular formula is C31H24Cl3NO6. The zero-order valence-electron chi connectivity index (χ0n) is 21.5. The average Bonchev–Trinajstić information content (AvgIpc) is 2.98. The fourth-order valence-corrected chi connectivity index (χ4v) is 5.00. The first-order valence-corrected chi connectivity index (χ1v) is 13.8. The number of rotatable bonds is 9. The number of halogens is 3. The third-order valence-corrected chi connectivity index (χ3v) is 7.38. The lowest BCUT2D eigenvalue weighted by Crippen LogP contribution is -2.29. The van der Waals surface area contributed by atoms with Crippen LogP contribution in [0.2, 0.25) is 10.0 Å². The Morgan fingerprint density at radius 3 is 2.32 bits per heavy atom. The van der Waals surface area contributed by atoms with Gasteiger partial charge in [-0.2, -0.15) is 0 Å². The highest BCUT2D eigenvalue weighted by Crippen LogP contribution is 2.42. The van der Waals surface area contributed by atoms with Crippen molar-refractivity contribution in [1.82, 2.24) is 4.42 Å². The third kappa shape index (κ3) is 6.88. The standard InChI is InChI=1S/C31H24Cl3NO6/c32-21-8-12-23(13-9-21)41-29(19-4-2-1-3-5-19)18-35(34)30(36)20-6-10-22(11-7-20)40-28-17-27-25(16-26(28)33)24(31(37)38)14-15-39-27/h1-13,16-17,24,29H,14-15,18H2,(H,37,38). The average molecular weight is 613 g/mol. The number of benzene rings is 4. The normalized spacial score (nSPS) is 14.8. The van der Waals surface area contributed by atoms with Gasteiger partial charge < -0.3 is 19.3 Å². The van der Waals surface area contributed by atoms with E-state index in [0.717, 1.165) is 9.98 Å². The first kappa shape index (κ1) is 28.6. The first-order chi connectivity index (χ1) is 19.8. The minimum absolute atomic E-state index is 0.0767. The molecule has 210 valence electrons. The van der Waals surface area contributed by atoms with E-state index in [9.17, 15) is 14.7 Å². The number of carbonyl (C=O) groups is 2. The van der Waals surface area contributed by atoms with Gasteiger partial charge in [-0.05, 0) is 66.6 Å². The molecule has 4 aromatic carbocycles. The number of amides is 1. The number of nitrogens with zero attached hydrogens (tertiary/aromatic N) is 1. The van der Waals surface area contributed by atoms with Crippen LogP contribution in [0.15, 0.2) is 91.0 Å². The van der Waals surface area contributed by atoms with Crippen molar-refractivity contribution in [2.24, 2.45) is 0 Å². The summed E-state index contributed by atoms with van der Waals surface area (Å²) in [5.74, 6) is -0.304. The van der Waals surface area contributed by atoms with Crippen LogP contribution in [-0.2, 0) is 4.79 Å². The van der Waals surface area contributed by atoms with E-state index in [0.29, 0.717) is 45.6 Å². The summed E-state index contributed by atoms with van der Waals surface area (Å²) in [6.07, 6.45) is -0.166. The molecule has 0 fully saturated rings. The second-order valence-electron chi connectivity index (χ2n) is 9.30. The van der Waals surface area contributed by atoms with E-state index < -0.39 is 23.9 Å². The smallest absolute Gasteiger partial charge is 0.311 e. The molecule has 41 heavy (non-hydrogen) atoms. The topological polar surface area (TPSA) is 85.3 Å². The van der Waals surface area contributed by atoms with E-state index in [2.05, 4.69) is 0 Å². The number of fused-ring (bicyclic) bond motifs is 1. The molecule has 1 amide bonds. The molecule has 0 saturated heterocycles. The molecule has 1 aliphatic rings. The van der Waals surface area contributed by atoms with E-state index >= 15 is 0 Å². The molecule has 7 nitrogen and oxygen atoms in total. The minimum Gasteiger partial charge on any atom is -0.493 e. The number of carboxylic acids is 1. The van der Waals surface area contributed by atoms with Crippen molar-refractivity contribution >= 4 is 46.9 Å². The van der Waals surface area contributed by atoms with E-state index in [4.69, 9.17) is 49.2 Å². The summed E-state index contributed by atoms with van der Waals surface area (Å²) >= 11 is 18.9. The van der Waals surface area contributed by atoms with Crippen LogP contribution in [0.4, 0.5) is 0 Å². The van der Waals surface area contributed by atoms with Crippen molar-refractivity contribution in [2.45, 2.75) is 18.4 Å². The number of aliphatic carboxylic acids is 1. The Balaban J connectivity index is 1.28. The van der Waals surface area contributed by atoms with Gasteiger partial charge in [-0.3, -0.25) is 9.59 Å². The molecule has 0 aliphatic carbocycles. The van der Waals surface area contributed by atoms with Crippen molar-refractivity contribution in [1.29, 1.82) is 0 Å².